The molecule has 3 aliphatic carbocycles. The van der Waals surface area contributed by atoms with Crippen LogP contribution < -0.4 is 9.47 Å². The van der Waals surface area contributed by atoms with Crippen LogP contribution in [0.15, 0.2) is 36.5 Å². The molecule has 0 amide bonds. The molecule has 9 heteroatoms. The van der Waals surface area contributed by atoms with Crippen LogP contribution in [0.25, 0.3) is 11.1 Å². The van der Waals surface area contributed by atoms with Gasteiger partial charge in [0.25, 0.3) is 0 Å². The molecule has 0 spiro atoms. The number of rotatable bonds is 10. The zero-order chi connectivity index (χ0) is 32.3. The molecule has 3 unspecified atom stereocenters. The molecule has 0 radical (unpaired) electrons. The summed E-state index contributed by atoms with van der Waals surface area (Å²) in [4.78, 5) is 16.8. The van der Waals surface area contributed by atoms with Crippen LogP contribution in [0.2, 0.25) is 0 Å². The highest BCUT2D eigenvalue weighted by molar-refractivity contribution is 5.73. The quantitative estimate of drug-likeness (QED) is 0.255. The summed E-state index contributed by atoms with van der Waals surface area (Å²) in [5.74, 6) is 0.621. The molecule has 1 aromatic heterocycles. The van der Waals surface area contributed by atoms with E-state index in [0.29, 0.717) is 54.9 Å². The van der Waals surface area contributed by atoms with Crippen molar-refractivity contribution in [3.8, 4) is 22.8 Å². The normalized spacial score (nSPS) is 24.8. The molecule has 0 aliphatic heterocycles. The third-order valence-electron chi connectivity index (χ3n) is 9.37. The maximum Gasteiger partial charge on any atom is 0.306 e. The lowest BCUT2D eigenvalue weighted by Crippen LogP contribution is -2.48. The zero-order valence-corrected chi connectivity index (χ0v) is 26.5. The first-order valence-corrected chi connectivity index (χ1v) is 15.6. The van der Waals surface area contributed by atoms with Crippen molar-refractivity contribution in [3.05, 3.63) is 76.0 Å². The Kier molecular flexibility index (Phi) is 8.14. The van der Waals surface area contributed by atoms with Crippen LogP contribution in [0.5, 0.6) is 11.6 Å². The minimum absolute atomic E-state index is 0.111. The third-order valence-corrected chi connectivity index (χ3v) is 9.37. The Labute approximate surface area is 262 Å². The Morgan fingerprint density at radius 2 is 1.76 bits per heavy atom. The average Bonchev–Trinajstić information content (AvgIpc) is 3.43. The molecule has 3 atom stereocenters. The second-order valence-electron chi connectivity index (χ2n) is 14.2. The molecule has 240 valence electrons. The summed E-state index contributed by atoms with van der Waals surface area (Å²) < 4.78 is 47.4. The molecule has 0 bridgehead atoms. The summed E-state index contributed by atoms with van der Waals surface area (Å²) >= 11 is 0. The lowest BCUT2D eigenvalue weighted by molar-refractivity contribution is -0.155. The van der Waals surface area contributed by atoms with Gasteiger partial charge in [0.1, 0.15) is 29.6 Å². The second kappa shape index (κ2) is 11.7. The molecule has 6 rings (SSSR count). The second-order valence-corrected chi connectivity index (χ2v) is 14.2. The molecular weight excluding hydrogens is 580 g/mol. The monoisotopic (exact) mass is 621 g/mol. The van der Waals surface area contributed by atoms with Crippen molar-refractivity contribution in [3.63, 3.8) is 0 Å². The highest BCUT2D eigenvalue weighted by atomic mass is 19.1. The number of carbonyl (C=O) groups excluding carboxylic acids is 1. The largest absolute Gasteiger partial charge is 0.493 e. The molecule has 2 fully saturated rings. The van der Waals surface area contributed by atoms with E-state index in [-0.39, 0.29) is 42.1 Å². The van der Waals surface area contributed by atoms with Gasteiger partial charge in [-0.3, -0.25) is 4.79 Å². The molecule has 2 N–H and O–H groups in total. The minimum atomic E-state index is -1.00. The van der Waals surface area contributed by atoms with Gasteiger partial charge in [-0.15, -0.1) is 0 Å². The number of hydrogen-bond donors (Lipinski definition) is 2. The number of pyridine rings is 1. The number of fused-ring (bicyclic) bond motifs is 3. The Balaban J connectivity index is 1.10. The van der Waals surface area contributed by atoms with Gasteiger partial charge >= 0.3 is 5.97 Å². The van der Waals surface area contributed by atoms with Crippen molar-refractivity contribution >= 4 is 5.97 Å². The van der Waals surface area contributed by atoms with E-state index < -0.39 is 22.8 Å². The minimum Gasteiger partial charge on any atom is -0.493 e. The van der Waals surface area contributed by atoms with Crippen LogP contribution in [-0.4, -0.2) is 45.6 Å². The smallest absolute Gasteiger partial charge is 0.306 e. The van der Waals surface area contributed by atoms with Gasteiger partial charge in [-0.25, -0.2) is 13.8 Å². The molecule has 0 saturated heterocycles. The van der Waals surface area contributed by atoms with Crippen LogP contribution in [0, 0.1) is 43.2 Å². The van der Waals surface area contributed by atoms with Crippen LogP contribution >= 0.6 is 0 Å². The predicted molar refractivity (Wildman–Crippen MR) is 164 cm³/mol. The molecular formula is C36H41F2NO6. The number of nitrogens with zero attached hydrogens (tertiary/aromatic N) is 1. The van der Waals surface area contributed by atoms with Gasteiger partial charge in [-0.2, -0.15) is 0 Å². The topological polar surface area (TPSA) is 98.1 Å². The van der Waals surface area contributed by atoms with Crippen LogP contribution in [0.4, 0.5) is 8.78 Å². The fraction of sp³-hybridized carbons (Fsp3) is 0.500. The third kappa shape index (κ3) is 6.56. The molecule has 2 saturated carbocycles. The van der Waals surface area contributed by atoms with Gasteiger partial charge in [0.05, 0.1) is 18.8 Å². The van der Waals surface area contributed by atoms with Crippen LogP contribution in [0.3, 0.4) is 0 Å². The number of aryl methyl sites for hydroxylation is 2. The van der Waals surface area contributed by atoms with E-state index in [0.717, 1.165) is 34.7 Å². The molecule has 2 aromatic carbocycles. The number of aliphatic hydroxyl groups excluding tert-OH is 1. The summed E-state index contributed by atoms with van der Waals surface area (Å²) in [7, 11) is 0. The maximum absolute atomic E-state index is 15.1. The van der Waals surface area contributed by atoms with E-state index in [9.17, 15) is 19.4 Å². The van der Waals surface area contributed by atoms with Crippen molar-refractivity contribution in [2.24, 2.45) is 17.8 Å². The summed E-state index contributed by atoms with van der Waals surface area (Å²) in [6, 6.07) is 7.93. The first-order chi connectivity index (χ1) is 21.2. The zero-order valence-electron chi connectivity index (χ0n) is 26.5. The van der Waals surface area contributed by atoms with E-state index in [1.165, 1.54) is 6.07 Å². The number of carbonyl (C=O) groups is 1. The van der Waals surface area contributed by atoms with E-state index >= 15 is 4.39 Å². The number of esters is 1. The molecule has 1 heterocycles. The van der Waals surface area contributed by atoms with E-state index in [1.54, 1.807) is 6.20 Å². The van der Waals surface area contributed by atoms with Crippen molar-refractivity contribution in [2.45, 2.75) is 84.0 Å². The molecule has 3 aromatic rings. The van der Waals surface area contributed by atoms with E-state index in [4.69, 9.17) is 14.2 Å². The van der Waals surface area contributed by atoms with Gasteiger partial charge in [0.15, 0.2) is 0 Å². The highest BCUT2D eigenvalue weighted by Crippen LogP contribution is 2.63. The molecule has 3 aliphatic rings. The van der Waals surface area contributed by atoms with Crippen molar-refractivity contribution in [2.75, 3.05) is 13.2 Å². The Morgan fingerprint density at radius 1 is 1.04 bits per heavy atom. The van der Waals surface area contributed by atoms with Crippen LogP contribution in [0.1, 0.15) is 73.8 Å². The Bertz CT molecular complexity index is 1600. The standard InChI is InChI=1S/C36H41F2NO6/c1-19-6-24(43-16-21-13-36(42,14-21)18-40)7-20(2)33(19)27-9-23(29(37)12-30(27)38)17-44-31-10-22-8-25-26(34(25)28(22)15-39-31)11-32(41)45-35(3,4)5/h6-7,9-10,12,15,21,25-26,34,40,42H,8,11,13-14,16-18H2,1-5H3. The number of hydrogen-bond acceptors (Lipinski definition) is 7. The Morgan fingerprint density at radius 3 is 2.42 bits per heavy atom. The summed E-state index contributed by atoms with van der Waals surface area (Å²) in [6.45, 7) is 9.38. The maximum atomic E-state index is 15.1. The number of aromatic nitrogens is 1. The van der Waals surface area contributed by atoms with Crippen molar-refractivity contribution in [1.82, 2.24) is 4.98 Å². The number of ether oxygens (including phenoxy) is 3. The van der Waals surface area contributed by atoms with Crippen molar-refractivity contribution < 1.29 is 38.0 Å². The molecule has 7 nitrogen and oxygen atoms in total. The summed E-state index contributed by atoms with van der Waals surface area (Å²) in [5, 5.41) is 19.3. The average molecular weight is 622 g/mol. The fourth-order valence-electron chi connectivity index (χ4n) is 7.29. The Hall–Kier alpha value is -3.56. The SMILES string of the molecule is Cc1cc(OCC2CC(O)(CO)C2)cc(C)c1-c1cc(COc2cc3c(cn2)C2C(CC(=O)OC(C)(C)C)C2C3)c(F)cc1F. The van der Waals surface area contributed by atoms with Gasteiger partial charge in [-0.1, -0.05) is 0 Å². The van der Waals surface area contributed by atoms with Gasteiger partial charge in [0.2, 0.25) is 5.88 Å². The van der Waals surface area contributed by atoms with Gasteiger partial charge in [0, 0.05) is 35.9 Å². The highest BCUT2D eigenvalue weighted by Gasteiger charge is 2.56. The fourth-order valence-corrected chi connectivity index (χ4v) is 7.29. The number of benzene rings is 2. The molecule has 45 heavy (non-hydrogen) atoms. The van der Waals surface area contributed by atoms with Gasteiger partial charge < -0.3 is 24.4 Å². The number of aliphatic hydroxyl groups is 2. The summed E-state index contributed by atoms with van der Waals surface area (Å²) in [5.41, 5.74) is 3.49. The lowest BCUT2D eigenvalue weighted by Gasteiger charge is -2.42. The first kappa shape index (κ1) is 31.4. The lowest BCUT2D eigenvalue weighted by atomic mass is 9.72. The van der Waals surface area contributed by atoms with E-state index in [1.807, 2.05) is 52.8 Å². The van der Waals surface area contributed by atoms with Gasteiger partial charge in [-0.05, 0) is 124 Å². The van der Waals surface area contributed by atoms with E-state index in [2.05, 4.69) is 4.98 Å². The first-order valence-electron chi connectivity index (χ1n) is 15.6. The number of halogens is 2. The summed E-state index contributed by atoms with van der Waals surface area (Å²) in [6.07, 6.45) is 4.02. The van der Waals surface area contributed by atoms with Crippen LogP contribution in [-0.2, 0) is 22.6 Å². The van der Waals surface area contributed by atoms with Crippen molar-refractivity contribution in [1.29, 1.82) is 0 Å². The predicted octanol–water partition coefficient (Wildman–Crippen LogP) is 6.35.